The van der Waals surface area contributed by atoms with Crippen LogP contribution in [0, 0.1) is 11.8 Å². The second-order valence-electron chi connectivity index (χ2n) is 4.66. The van der Waals surface area contributed by atoms with Crippen molar-refractivity contribution < 1.29 is 14.3 Å². The van der Waals surface area contributed by atoms with E-state index in [0.717, 1.165) is 19.3 Å². The molecule has 1 aliphatic carbocycles. The molecule has 0 bridgehead atoms. The fraction of sp³-hybridized carbons (Fsp3) is 0.846. The van der Waals surface area contributed by atoms with Gasteiger partial charge in [0.25, 0.3) is 0 Å². The van der Waals surface area contributed by atoms with E-state index in [2.05, 4.69) is 6.92 Å². The van der Waals surface area contributed by atoms with Crippen molar-refractivity contribution in [2.75, 3.05) is 6.61 Å². The Balaban J connectivity index is 2.14. The van der Waals surface area contributed by atoms with E-state index in [4.69, 9.17) is 4.74 Å². The molecule has 1 saturated carbocycles. The van der Waals surface area contributed by atoms with E-state index < -0.39 is 0 Å². The number of ketones is 1. The number of Topliss-reactive ketones (excluding diaryl/α,β-unsaturated/α-hetero) is 1. The Labute approximate surface area is 97.5 Å². The van der Waals surface area contributed by atoms with Crippen molar-refractivity contribution in [3.05, 3.63) is 0 Å². The molecule has 0 amide bonds. The molecule has 0 aliphatic heterocycles. The van der Waals surface area contributed by atoms with E-state index in [1.807, 2.05) is 0 Å². The number of carbonyl (C=O) groups excluding carboxylic acids is 2. The molecular weight excluding hydrogens is 204 g/mol. The van der Waals surface area contributed by atoms with Crippen LogP contribution in [0.3, 0.4) is 0 Å². The molecule has 0 N–H and O–H groups in total. The fourth-order valence-electron chi connectivity index (χ4n) is 2.34. The maximum Gasteiger partial charge on any atom is 0.302 e. The van der Waals surface area contributed by atoms with Crippen LogP contribution in [0.15, 0.2) is 0 Å². The number of carbonyl (C=O) groups is 2. The number of esters is 1. The Morgan fingerprint density at radius 2 is 2.12 bits per heavy atom. The van der Waals surface area contributed by atoms with Gasteiger partial charge in [0.05, 0.1) is 6.61 Å². The molecule has 1 aliphatic rings. The zero-order valence-electron chi connectivity index (χ0n) is 10.3. The maximum absolute atomic E-state index is 11.4. The fourth-order valence-corrected chi connectivity index (χ4v) is 2.34. The summed E-state index contributed by atoms with van der Waals surface area (Å²) in [5.74, 6) is 1.03. The highest BCUT2D eigenvalue weighted by Gasteiger charge is 2.37. The van der Waals surface area contributed by atoms with Gasteiger partial charge in [-0.05, 0) is 25.2 Å². The highest BCUT2D eigenvalue weighted by molar-refractivity contribution is 5.87. The molecule has 1 fully saturated rings. The number of unbranched alkanes of at least 4 members (excludes halogenated alkanes) is 1. The Kier molecular flexibility index (Phi) is 5.50. The molecule has 92 valence electrons. The van der Waals surface area contributed by atoms with E-state index in [-0.39, 0.29) is 11.9 Å². The molecule has 0 spiro atoms. The minimum absolute atomic E-state index is 0.234. The van der Waals surface area contributed by atoms with Crippen molar-refractivity contribution in [3.63, 3.8) is 0 Å². The van der Waals surface area contributed by atoms with Crippen molar-refractivity contribution in [2.24, 2.45) is 11.8 Å². The molecule has 0 aromatic carbocycles. The lowest BCUT2D eigenvalue weighted by Gasteiger charge is -2.35. The third-order valence-corrected chi connectivity index (χ3v) is 3.34. The predicted octanol–water partition coefficient (Wildman–Crippen LogP) is 2.73. The average molecular weight is 226 g/mol. The third kappa shape index (κ3) is 3.95. The lowest BCUT2D eigenvalue weighted by atomic mass is 9.68. The van der Waals surface area contributed by atoms with Crippen LogP contribution in [0.2, 0.25) is 0 Å². The average Bonchev–Trinajstić information content (AvgIpc) is 2.23. The monoisotopic (exact) mass is 226 g/mol. The standard InChI is InChI=1S/C13H22O3/c1-3-4-6-11-9-13(15)12(11)7-5-8-16-10(2)14/h11-12H,3-9H2,1-2H3/t11-,12+/m0/s1. The minimum Gasteiger partial charge on any atom is -0.466 e. The predicted molar refractivity (Wildman–Crippen MR) is 62.0 cm³/mol. The van der Waals surface area contributed by atoms with Crippen LogP contribution in [0.1, 0.15) is 52.4 Å². The Hall–Kier alpha value is -0.860. The molecular formula is C13H22O3. The van der Waals surface area contributed by atoms with Crippen LogP contribution < -0.4 is 0 Å². The molecule has 2 atom stereocenters. The van der Waals surface area contributed by atoms with E-state index in [9.17, 15) is 9.59 Å². The molecule has 0 saturated heterocycles. The van der Waals surface area contributed by atoms with Gasteiger partial charge in [-0.1, -0.05) is 19.8 Å². The van der Waals surface area contributed by atoms with Gasteiger partial charge < -0.3 is 4.74 Å². The number of ether oxygens (including phenoxy) is 1. The summed E-state index contributed by atoms with van der Waals surface area (Å²) < 4.78 is 4.86. The van der Waals surface area contributed by atoms with Crippen LogP contribution in [0.25, 0.3) is 0 Å². The molecule has 0 heterocycles. The van der Waals surface area contributed by atoms with Gasteiger partial charge in [-0.3, -0.25) is 9.59 Å². The van der Waals surface area contributed by atoms with Crippen molar-refractivity contribution in [1.29, 1.82) is 0 Å². The van der Waals surface area contributed by atoms with Crippen LogP contribution in [0.5, 0.6) is 0 Å². The summed E-state index contributed by atoms with van der Waals surface area (Å²) in [4.78, 5) is 22.0. The largest absolute Gasteiger partial charge is 0.466 e. The van der Waals surface area contributed by atoms with Gasteiger partial charge in [0.1, 0.15) is 5.78 Å². The second-order valence-corrected chi connectivity index (χ2v) is 4.66. The molecule has 3 heteroatoms. The minimum atomic E-state index is -0.234. The summed E-state index contributed by atoms with van der Waals surface area (Å²) in [6, 6.07) is 0. The van der Waals surface area contributed by atoms with Gasteiger partial charge in [0, 0.05) is 19.3 Å². The third-order valence-electron chi connectivity index (χ3n) is 3.34. The van der Waals surface area contributed by atoms with Crippen LogP contribution >= 0.6 is 0 Å². The summed E-state index contributed by atoms with van der Waals surface area (Å²) in [6.07, 6.45) is 6.08. The summed E-state index contributed by atoms with van der Waals surface area (Å²) in [7, 11) is 0. The molecule has 0 aromatic heterocycles. The van der Waals surface area contributed by atoms with Crippen molar-refractivity contribution in [1.82, 2.24) is 0 Å². The molecule has 0 unspecified atom stereocenters. The van der Waals surface area contributed by atoms with Gasteiger partial charge >= 0.3 is 5.97 Å². The molecule has 0 aromatic rings. The van der Waals surface area contributed by atoms with Crippen molar-refractivity contribution in [3.8, 4) is 0 Å². The first kappa shape index (κ1) is 13.2. The number of hydrogen-bond acceptors (Lipinski definition) is 3. The summed E-state index contributed by atoms with van der Waals surface area (Å²) in [5.41, 5.74) is 0. The first-order valence-electron chi connectivity index (χ1n) is 6.31. The van der Waals surface area contributed by atoms with Crippen LogP contribution in [0.4, 0.5) is 0 Å². The van der Waals surface area contributed by atoms with E-state index >= 15 is 0 Å². The smallest absolute Gasteiger partial charge is 0.302 e. The SMILES string of the molecule is CCCC[C@H]1CC(=O)[C@@H]1CCCOC(C)=O. The Morgan fingerprint density at radius 1 is 1.38 bits per heavy atom. The topological polar surface area (TPSA) is 43.4 Å². The molecule has 3 nitrogen and oxygen atoms in total. The van der Waals surface area contributed by atoms with Crippen molar-refractivity contribution >= 4 is 11.8 Å². The van der Waals surface area contributed by atoms with E-state index in [1.54, 1.807) is 0 Å². The van der Waals surface area contributed by atoms with E-state index in [1.165, 1.54) is 26.2 Å². The van der Waals surface area contributed by atoms with Gasteiger partial charge in [-0.15, -0.1) is 0 Å². The summed E-state index contributed by atoms with van der Waals surface area (Å²) >= 11 is 0. The van der Waals surface area contributed by atoms with Gasteiger partial charge in [0.2, 0.25) is 0 Å². The number of hydrogen-bond donors (Lipinski definition) is 0. The molecule has 16 heavy (non-hydrogen) atoms. The summed E-state index contributed by atoms with van der Waals surface area (Å²) in [6.45, 7) is 4.05. The number of rotatable bonds is 7. The van der Waals surface area contributed by atoms with Gasteiger partial charge in [-0.2, -0.15) is 0 Å². The zero-order valence-corrected chi connectivity index (χ0v) is 10.3. The second kappa shape index (κ2) is 6.66. The van der Waals surface area contributed by atoms with Gasteiger partial charge in [-0.25, -0.2) is 0 Å². The van der Waals surface area contributed by atoms with E-state index in [0.29, 0.717) is 18.3 Å². The van der Waals surface area contributed by atoms with Crippen LogP contribution in [-0.4, -0.2) is 18.4 Å². The Morgan fingerprint density at radius 3 is 2.69 bits per heavy atom. The van der Waals surface area contributed by atoms with Crippen molar-refractivity contribution in [2.45, 2.75) is 52.4 Å². The lowest BCUT2D eigenvalue weighted by Crippen LogP contribution is -2.37. The lowest BCUT2D eigenvalue weighted by molar-refractivity contribution is -0.141. The quantitative estimate of drug-likeness (QED) is 0.495. The zero-order chi connectivity index (χ0) is 12.0. The molecule has 1 rings (SSSR count). The highest BCUT2D eigenvalue weighted by Crippen LogP contribution is 2.37. The first-order valence-corrected chi connectivity index (χ1v) is 6.31. The normalized spacial score (nSPS) is 24.0. The first-order chi connectivity index (χ1) is 7.65. The maximum atomic E-state index is 11.4. The van der Waals surface area contributed by atoms with Gasteiger partial charge in [0.15, 0.2) is 0 Å². The highest BCUT2D eigenvalue weighted by atomic mass is 16.5. The Bertz CT molecular complexity index is 248. The summed E-state index contributed by atoms with van der Waals surface area (Å²) in [5, 5.41) is 0. The molecule has 0 radical (unpaired) electrons. The van der Waals surface area contributed by atoms with Crippen LogP contribution in [-0.2, 0) is 14.3 Å².